The van der Waals surface area contributed by atoms with E-state index in [1.807, 2.05) is 0 Å². The van der Waals surface area contributed by atoms with Crippen LogP contribution in [-0.4, -0.2) is 55.7 Å². The number of nitrogens with zero attached hydrogens (tertiary/aromatic N) is 1. The molecule has 0 aromatic heterocycles. The van der Waals surface area contributed by atoms with E-state index in [2.05, 4.69) is 4.90 Å². The average molecular weight is 235 g/mol. The van der Waals surface area contributed by atoms with Crippen molar-refractivity contribution in [3.05, 3.63) is 0 Å². The SMILES string of the molecule is CCS(=O)(=O)CCN(CCO)C1CCC1. The van der Waals surface area contributed by atoms with Crippen molar-refractivity contribution in [3.8, 4) is 0 Å². The van der Waals surface area contributed by atoms with Gasteiger partial charge >= 0.3 is 0 Å². The van der Waals surface area contributed by atoms with E-state index >= 15 is 0 Å². The molecular formula is C10H21NO3S. The second-order valence-corrected chi connectivity index (χ2v) is 6.55. The van der Waals surface area contributed by atoms with Crippen LogP contribution >= 0.6 is 0 Å². The van der Waals surface area contributed by atoms with Gasteiger partial charge in [-0.3, -0.25) is 4.90 Å². The highest BCUT2D eigenvalue weighted by Gasteiger charge is 2.25. The Morgan fingerprint density at radius 1 is 1.33 bits per heavy atom. The van der Waals surface area contributed by atoms with Gasteiger partial charge in [-0.15, -0.1) is 0 Å². The molecule has 0 saturated heterocycles. The van der Waals surface area contributed by atoms with Gasteiger partial charge in [0.2, 0.25) is 0 Å². The van der Waals surface area contributed by atoms with Gasteiger partial charge < -0.3 is 5.11 Å². The average Bonchev–Trinajstić information content (AvgIpc) is 2.12. The highest BCUT2D eigenvalue weighted by atomic mass is 32.2. The fourth-order valence-electron chi connectivity index (χ4n) is 1.76. The number of aliphatic hydroxyl groups is 1. The van der Waals surface area contributed by atoms with Crippen molar-refractivity contribution in [1.29, 1.82) is 0 Å². The molecule has 1 rings (SSSR count). The topological polar surface area (TPSA) is 57.6 Å². The molecule has 0 radical (unpaired) electrons. The number of aliphatic hydroxyl groups excluding tert-OH is 1. The summed E-state index contributed by atoms with van der Waals surface area (Å²) in [6, 6.07) is 0.504. The maximum atomic E-state index is 11.3. The van der Waals surface area contributed by atoms with Crippen LogP contribution in [-0.2, 0) is 9.84 Å². The Morgan fingerprint density at radius 2 is 2.00 bits per heavy atom. The molecule has 0 spiro atoms. The second-order valence-electron chi connectivity index (χ2n) is 4.08. The molecule has 1 fully saturated rings. The molecule has 0 aromatic rings. The second kappa shape index (κ2) is 5.82. The Kier molecular flexibility index (Phi) is 5.02. The molecule has 0 atom stereocenters. The predicted molar refractivity (Wildman–Crippen MR) is 60.6 cm³/mol. The molecule has 0 bridgehead atoms. The molecule has 0 heterocycles. The van der Waals surface area contributed by atoms with Crippen LogP contribution in [0.5, 0.6) is 0 Å². The maximum absolute atomic E-state index is 11.3. The summed E-state index contributed by atoms with van der Waals surface area (Å²) in [5, 5.41) is 8.90. The first kappa shape index (κ1) is 12.9. The monoisotopic (exact) mass is 235 g/mol. The quantitative estimate of drug-likeness (QED) is 0.688. The zero-order valence-electron chi connectivity index (χ0n) is 9.35. The van der Waals surface area contributed by atoms with Gasteiger partial charge in [0.25, 0.3) is 0 Å². The molecule has 90 valence electrons. The van der Waals surface area contributed by atoms with Crippen molar-refractivity contribution in [2.45, 2.75) is 32.2 Å². The van der Waals surface area contributed by atoms with E-state index in [1.54, 1.807) is 6.92 Å². The summed E-state index contributed by atoms with van der Waals surface area (Å²) in [4.78, 5) is 2.11. The lowest BCUT2D eigenvalue weighted by molar-refractivity contribution is 0.108. The van der Waals surface area contributed by atoms with E-state index in [1.165, 1.54) is 6.42 Å². The molecule has 4 nitrogen and oxygen atoms in total. The molecule has 15 heavy (non-hydrogen) atoms. The first-order valence-electron chi connectivity index (χ1n) is 5.64. The summed E-state index contributed by atoms with van der Waals surface area (Å²) in [6.07, 6.45) is 3.52. The summed E-state index contributed by atoms with van der Waals surface area (Å²) in [5.74, 6) is 0.435. The fraction of sp³-hybridized carbons (Fsp3) is 1.00. The lowest BCUT2D eigenvalue weighted by Gasteiger charge is -2.37. The number of hydrogen-bond donors (Lipinski definition) is 1. The molecule has 1 N–H and O–H groups in total. The summed E-state index contributed by atoms with van der Waals surface area (Å²) in [5.41, 5.74) is 0. The highest BCUT2D eigenvalue weighted by Crippen LogP contribution is 2.24. The van der Waals surface area contributed by atoms with Crippen molar-refractivity contribution < 1.29 is 13.5 Å². The molecule has 1 saturated carbocycles. The molecule has 1 aliphatic rings. The third kappa shape index (κ3) is 4.09. The Morgan fingerprint density at radius 3 is 2.40 bits per heavy atom. The van der Waals surface area contributed by atoms with E-state index < -0.39 is 9.84 Å². The van der Waals surface area contributed by atoms with Gasteiger partial charge in [0.05, 0.1) is 12.4 Å². The Balaban J connectivity index is 2.37. The molecular weight excluding hydrogens is 214 g/mol. The van der Waals surface area contributed by atoms with Crippen LogP contribution in [0.3, 0.4) is 0 Å². The molecule has 0 aromatic carbocycles. The zero-order chi connectivity index (χ0) is 11.3. The number of rotatable bonds is 7. The third-order valence-corrected chi connectivity index (χ3v) is 4.79. The van der Waals surface area contributed by atoms with Crippen LogP contribution < -0.4 is 0 Å². The summed E-state index contributed by atoms with van der Waals surface area (Å²) in [7, 11) is -2.87. The van der Waals surface area contributed by atoms with E-state index in [0.29, 0.717) is 19.1 Å². The molecule has 1 aliphatic carbocycles. The van der Waals surface area contributed by atoms with E-state index in [9.17, 15) is 8.42 Å². The van der Waals surface area contributed by atoms with Crippen LogP contribution in [0.15, 0.2) is 0 Å². The van der Waals surface area contributed by atoms with E-state index in [4.69, 9.17) is 5.11 Å². The Hall–Kier alpha value is -0.130. The van der Waals surface area contributed by atoms with Gasteiger partial charge in [-0.2, -0.15) is 0 Å². The van der Waals surface area contributed by atoms with Crippen molar-refractivity contribution in [2.75, 3.05) is 31.2 Å². The fourth-order valence-corrected chi connectivity index (χ4v) is 2.56. The zero-order valence-corrected chi connectivity index (χ0v) is 10.2. The third-order valence-electron chi connectivity index (χ3n) is 3.11. The van der Waals surface area contributed by atoms with Crippen LogP contribution in [0.4, 0.5) is 0 Å². The van der Waals surface area contributed by atoms with Crippen LogP contribution in [0.2, 0.25) is 0 Å². The van der Waals surface area contributed by atoms with Gasteiger partial charge in [-0.1, -0.05) is 13.3 Å². The van der Waals surface area contributed by atoms with Crippen LogP contribution in [0.25, 0.3) is 0 Å². The Bertz CT molecular complexity index is 272. The molecule has 0 unspecified atom stereocenters. The first-order valence-corrected chi connectivity index (χ1v) is 7.46. The molecule has 0 aliphatic heterocycles. The summed E-state index contributed by atoms with van der Waals surface area (Å²) >= 11 is 0. The van der Waals surface area contributed by atoms with Gasteiger partial charge in [-0.05, 0) is 12.8 Å². The van der Waals surface area contributed by atoms with Gasteiger partial charge in [0.1, 0.15) is 0 Å². The minimum atomic E-state index is -2.87. The van der Waals surface area contributed by atoms with Crippen molar-refractivity contribution in [2.24, 2.45) is 0 Å². The van der Waals surface area contributed by atoms with Gasteiger partial charge in [0, 0.05) is 24.9 Å². The predicted octanol–water partition coefficient (Wildman–Crippen LogP) is 0.268. The van der Waals surface area contributed by atoms with E-state index in [0.717, 1.165) is 12.8 Å². The first-order chi connectivity index (χ1) is 7.09. The highest BCUT2D eigenvalue weighted by molar-refractivity contribution is 7.91. The van der Waals surface area contributed by atoms with Crippen molar-refractivity contribution in [1.82, 2.24) is 4.90 Å². The standard InChI is InChI=1S/C10H21NO3S/c1-2-15(13,14)9-7-11(6-8-12)10-4-3-5-10/h10,12H,2-9H2,1H3. The minimum Gasteiger partial charge on any atom is -0.395 e. The van der Waals surface area contributed by atoms with Crippen molar-refractivity contribution in [3.63, 3.8) is 0 Å². The van der Waals surface area contributed by atoms with Gasteiger partial charge in [0.15, 0.2) is 9.84 Å². The number of hydrogen-bond acceptors (Lipinski definition) is 4. The maximum Gasteiger partial charge on any atom is 0.151 e. The van der Waals surface area contributed by atoms with Crippen LogP contribution in [0.1, 0.15) is 26.2 Å². The molecule has 0 amide bonds. The number of sulfone groups is 1. The smallest absolute Gasteiger partial charge is 0.151 e. The van der Waals surface area contributed by atoms with Gasteiger partial charge in [-0.25, -0.2) is 8.42 Å². The lowest BCUT2D eigenvalue weighted by Crippen LogP contribution is -2.44. The van der Waals surface area contributed by atoms with Crippen molar-refractivity contribution >= 4 is 9.84 Å². The minimum absolute atomic E-state index is 0.114. The van der Waals surface area contributed by atoms with E-state index in [-0.39, 0.29) is 18.1 Å². The lowest BCUT2D eigenvalue weighted by atomic mass is 9.91. The summed E-state index contributed by atoms with van der Waals surface area (Å²) in [6.45, 7) is 2.96. The van der Waals surface area contributed by atoms with Crippen LogP contribution in [0, 0.1) is 0 Å². The normalized spacial score (nSPS) is 18.1. The Labute approximate surface area is 92.2 Å². The largest absolute Gasteiger partial charge is 0.395 e. The summed E-state index contributed by atoms with van der Waals surface area (Å²) < 4.78 is 22.7. The molecule has 5 heteroatoms.